The van der Waals surface area contributed by atoms with Crippen molar-refractivity contribution < 1.29 is 0 Å². The number of allylic oxidation sites excluding steroid dienone is 1. The third-order valence-electron chi connectivity index (χ3n) is 5.06. The van der Waals surface area contributed by atoms with E-state index in [2.05, 4.69) is 95.6 Å². The summed E-state index contributed by atoms with van der Waals surface area (Å²) in [4.78, 5) is 0. The highest BCUT2D eigenvalue weighted by molar-refractivity contribution is 5.93. The molecule has 0 unspecified atom stereocenters. The fourth-order valence-electron chi connectivity index (χ4n) is 3.92. The summed E-state index contributed by atoms with van der Waals surface area (Å²) in [6.07, 6.45) is 6.79. The molecule has 0 bridgehead atoms. The smallest absolute Gasteiger partial charge is 0.0537 e. The van der Waals surface area contributed by atoms with Gasteiger partial charge in [0.1, 0.15) is 0 Å². The standard InChI is InChI=1S/C24H19N.C2H6/c1-2-9-18(10-3-1)19-11-8-12-20(17-19)25-23-15-6-4-13-21(23)22-14-5-7-16-24(22)25;1-2/h1-6,8-15,17H,7,16H2;1-2H3. The fourth-order valence-corrected chi connectivity index (χ4v) is 3.92. The number of rotatable bonds is 2. The van der Waals surface area contributed by atoms with Gasteiger partial charge in [0.25, 0.3) is 0 Å². The minimum atomic E-state index is 1.09. The average Bonchev–Trinajstić information content (AvgIpc) is 3.10. The van der Waals surface area contributed by atoms with Crippen molar-refractivity contribution in [1.29, 1.82) is 0 Å². The van der Waals surface area contributed by atoms with E-state index in [-0.39, 0.29) is 0 Å². The van der Waals surface area contributed by atoms with Crippen molar-refractivity contribution in [1.82, 2.24) is 4.57 Å². The minimum absolute atomic E-state index is 1.09. The van der Waals surface area contributed by atoms with E-state index >= 15 is 0 Å². The summed E-state index contributed by atoms with van der Waals surface area (Å²) in [6.45, 7) is 4.00. The lowest BCUT2D eigenvalue weighted by Gasteiger charge is -2.14. The van der Waals surface area contributed by atoms with Gasteiger partial charge in [0.05, 0.1) is 5.52 Å². The molecule has 0 radical (unpaired) electrons. The van der Waals surface area contributed by atoms with Gasteiger partial charge in [0.2, 0.25) is 0 Å². The molecule has 0 spiro atoms. The van der Waals surface area contributed by atoms with Gasteiger partial charge in [0, 0.05) is 22.3 Å². The monoisotopic (exact) mass is 351 g/mol. The van der Waals surface area contributed by atoms with Crippen molar-refractivity contribution in [3.05, 3.63) is 96.2 Å². The van der Waals surface area contributed by atoms with Gasteiger partial charge >= 0.3 is 0 Å². The summed E-state index contributed by atoms with van der Waals surface area (Å²) in [5.74, 6) is 0. The van der Waals surface area contributed by atoms with Crippen LogP contribution in [0.4, 0.5) is 0 Å². The van der Waals surface area contributed by atoms with E-state index in [0.717, 1.165) is 12.8 Å². The van der Waals surface area contributed by atoms with Crippen molar-refractivity contribution in [3.8, 4) is 16.8 Å². The number of hydrogen-bond acceptors (Lipinski definition) is 0. The Morgan fingerprint density at radius 3 is 2.33 bits per heavy atom. The minimum Gasteiger partial charge on any atom is -0.313 e. The van der Waals surface area contributed by atoms with E-state index in [1.165, 1.54) is 39.0 Å². The second-order valence-electron chi connectivity index (χ2n) is 6.57. The molecule has 1 heteroatoms. The van der Waals surface area contributed by atoms with E-state index in [1.807, 2.05) is 13.8 Å². The first-order valence-corrected chi connectivity index (χ1v) is 9.86. The van der Waals surface area contributed by atoms with E-state index in [9.17, 15) is 0 Å². The Morgan fingerprint density at radius 1 is 0.741 bits per heavy atom. The van der Waals surface area contributed by atoms with Crippen LogP contribution in [0.2, 0.25) is 0 Å². The van der Waals surface area contributed by atoms with Crippen molar-refractivity contribution in [2.45, 2.75) is 26.7 Å². The highest BCUT2D eigenvalue weighted by Crippen LogP contribution is 2.34. The van der Waals surface area contributed by atoms with Gasteiger partial charge in [-0.15, -0.1) is 0 Å². The lowest BCUT2D eigenvalue weighted by Crippen LogP contribution is -2.03. The Balaban J connectivity index is 0.000000872. The number of fused-ring (bicyclic) bond motifs is 3. The van der Waals surface area contributed by atoms with Crippen LogP contribution in [-0.4, -0.2) is 4.57 Å². The van der Waals surface area contributed by atoms with Gasteiger partial charge in [-0.3, -0.25) is 0 Å². The van der Waals surface area contributed by atoms with Gasteiger partial charge < -0.3 is 4.57 Å². The molecule has 5 rings (SSSR count). The summed E-state index contributed by atoms with van der Waals surface area (Å²) >= 11 is 0. The highest BCUT2D eigenvalue weighted by Gasteiger charge is 2.18. The van der Waals surface area contributed by atoms with Crippen LogP contribution in [0.1, 0.15) is 31.5 Å². The molecule has 1 nitrogen and oxygen atoms in total. The Bertz CT molecular complexity index is 1080. The molecule has 0 saturated carbocycles. The van der Waals surface area contributed by atoms with E-state index in [0.29, 0.717) is 0 Å². The first-order valence-electron chi connectivity index (χ1n) is 9.86. The molecule has 27 heavy (non-hydrogen) atoms. The molecule has 0 fully saturated rings. The molecule has 1 aliphatic carbocycles. The largest absolute Gasteiger partial charge is 0.313 e. The van der Waals surface area contributed by atoms with Crippen LogP contribution < -0.4 is 0 Å². The van der Waals surface area contributed by atoms with Gasteiger partial charge in [-0.25, -0.2) is 0 Å². The zero-order valence-corrected chi connectivity index (χ0v) is 16.0. The maximum absolute atomic E-state index is 2.45. The zero-order valence-electron chi connectivity index (χ0n) is 16.0. The molecule has 0 saturated heterocycles. The Kier molecular flexibility index (Phi) is 4.93. The molecular weight excluding hydrogens is 326 g/mol. The lowest BCUT2D eigenvalue weighted by atomic mass is 10.0. The maximum atomic E-state index is 2.45. The van der Waals surface area contributed by atoms with Gasteiger partial charge in [-0.05, 0) is 42.2 Å². The van der Waals surface area contributed by atoms with Crippen LogP contribution in [0, 0.1) is 0 Å². The second-order valence-corrected chi connectivity index (χ2v) is 6.57. The summed E-state index contributed by atoms with van der Waals surface area (Å²) in [5.41, 5.74) is 7.87. The fraction of sp³-hybridized carbons (Fsp3) is 0.154. The third kappa shape index (κ3) is 3.10. The Labute approximate surface area is 161 Å². The van der Waals surface area contributed by atoms with Gasteiger partial charge in [-0.2, -0.15) is 0 Å². The first kappa shape index (κ1) is 17.4. The Hall–Kier alpha value is -3.06. The van der Waals surface area contributed by atoms with Crippen molar-refractivity contribution in [2.75, 3.05) is 0 Å². The molecule has 0 atom stereocenters. The van der Waals surface area contributed by atoms with Crippen LogP contribution in [0.25, 0.3) is 33.8 Å². The van der Waals surface area contributed by atoms with Crippen molar-refractivity contribution in [3.63, 3.8) is 0 Å². The molecule has 0 aliphatic heterocycles. The second kappa shape index (κ2) is 7.67. The summed E-state index contributed by atoms with van der Waals surface area (Å²) < 4.78 is 2.45. The lowest BCUT2D eigenvalue weighted by molar-refractivity contribution is 0.889. The zero-order chi connectivity index (χ0) is 18.6. The van der Waals surface area contributed by atoms with Crippen molar-refractivity contribution >= 4 is 17.0 Å². The SMILES string of the molecule is C1=Cc2c(n(-c3cccc(-c4ccccc4)c3)c3ccccc23)CC1.CC. The average molecular weight is 351 g/mol. The summed E-state index contributed by atoms with van der Waals surface area (Å²) in [6, 6.07) is 28.2. The van der Waals surface area contributed by atoms with E-state index in [4.69, 9.17) is 0 Å². The topological polar surface area (TPSA) is 4.93 Å². The predicted molar refractivity (Wildman–Crippen MR) is 117 cm³/mol. The number of hydrogen-bond donors (Lipinski definition) is 0. The summed E-state index contributed by atoms with van der Waals surface area (Å²) in [5, 5.41) is 1.35. The van der Waals surface area contributed by atoms with Crippen LogP contribution in [0.5, 0.6) is 0 Å². The van der Waals surface area contributed by atoms with Gasteiger partial charge in [-0.1, -0.05) is 86.7 Å². The molecule has 0 N–H and O–H groups in total. The molecule has 1 aliphatic rings. The molecule has 0 amide bonds. The predicted octanol–water partition coefficient (Wildman–Crippen LogP) is 7.28. The number of para-hydroxylation sites is 1. The maximum Gasteiger partial charge on any atom is 0.0537 e. The molecule has 134 valence electrons. The highest BCUT2D eigenvalue weighted by atomic mass is 15.0. The van der Waals surface area contributed by atoms with Crippen LogP contribution >= 0.6 is 0 Å². The summed E-state index contributed by atoms with van der Waals surface area (Å²) in [7, 11) is 0. The van der Waals surface area contributed by atoms with Crippen LogP contribution in [-0.2, 0) is 6.42 Å². The van der Waals surface area contributed by atoms with Gasteiger partial charge in [0.15, 0.2) is 0 Å². The van der Waals surface area contributed by atoms with Crippen LogP contribution in [0.3, 0.4) is 0 Å². The normalized spacial score (nSPS) is 12.4. The molecule has 3 aromatic carbocycles. The molecule has 1 aromatic heterocycles. The van der Waals surface area contributed by atoms with Crippen LogP contribution in [0.15, 0.2) is 84.9 Å². The number of benzene rings is 3. The molecular formula is C26H25N. The first-order chi connectivity index (χ1) is 13.4. The quantitative estimate of drug-likeness (QED) is 0.357. The number of aromatic nitrogens is 1. The third-order valence-corrected chi connectivity index (χ3v) is 5.06. The van der Waals surface area contributed by atoms with Crippen molar-refractivity contribution in [2.24, 2.45) is 0 Å². The molecule has 4 aromatic rings. The molecule has 1 heterocycles. The Morgan fingerprint density at radius 2 is 1.48 bits per heavy atom. The van der Waals surface area contributed by atoms with E-state index in [1.54, 1.807) is 0 Å². The number of nitrogens with zero attached hydrogens (tertiary/aromatic N) is 1. The van der Waals surface area contributed by atoms with E-state index < -0.39 is 0 Å².